The number of terminal acetylenes is 1. The number of fused-ring (bicyclic) bond motifs is 1. The van der Waals surface area contributed by atoms with Crippen molar-refractivity contribution in [1.29, 1.82) is 0 Å². The molecule has 0 amide bonds. The quantitative estimate of drug-likeness (QED) is 0.426. The van der Waals surface area contributed by atoms with Crippen LogP contribution in [0, 0.1) is 33.1 Å². The Morgan fingerprint density at radius 3 is 2.67 bits per heavy atom. The van der Waals surface area contributed by atoms with Crippen molar-refractivity contribution in [3.05, 3.63) is 80.5 Å². The van der Waals surface area contributed by atoms with Crippen molar-refractivity contribution in [2.75, 3.05) is 12.4 Å². The molecule has 3 aromatic rings. The third-order valence-electron chi connectivity index (χ3n) is 5.28. The molecule has 2 aromatic heterocycles. The predicted octanol–water partition coefficient (Wildman–Crippen LogP) is 4.59. The summed E-state index contributed by atoms with van der Waals surface area (Å²) in [6.45, 7) is 7.18. The highest BCUT2D eigenvalue weighted by Crippen LogP contribution is 2.30. The molecule has 0 saturated carbocycles. The van der Waals surface area contributed by atoms with E-state index in [1.165, 1.54) is 6.08 Å². The summed E-state index contributed by atoms with van der Waals surface area (Å²) in [6, 6.07) is 6.71. The topological polar surface area (TPSA) is 105 Å². The highest BCUT2D eigenvalue weighted by atomic mass is 16.4. The first kappa shape index (κ1) is 23.5. The van der Waals surface area contributed by atoms with Crippen LogP contribution in [0.15, 0.2) is 50.6 Å². The van der Waals surface area contributed by atoms with E-state index >= 15 is 0 Å². The van der Waals surface area contributed by atoms with Crippen molar-refractivity contribution >= 4 is 28.3 Å². The number of nitrogens with zero attached hydrogens (tertiary/aromatic N) is 2. The van der Waals surface area contributed by atoms with Gasteiger partial charge in [0.25, 0.3) is 0 Å². The third kappa shape index (κ3) is 4.70. The molecule has 0 aliphatic rings. The van der Waals surface area contributed by atoms with Crippen molar-refractivity contribution in [2.45, 2.75) is 33.7 Å². The summed E-state index contributed by atoms with van der Waals surface area (Å²) in [5.41, 5.74) is 3.60. The van der Waals surface area contributed by atoms with Crippen LogP contribution in [0.2, 0.25) is 0 Å². The zero-order chi connectivity index (χ0) is 24.3. The molecule has 33 heavy (non-hydrogen) atoms. The minimum absolute atomic E-state index is 0.0726. The lowest BCUT2D eigenvalue weighted by molar-refractivity contribution is 0.0691. The predicted molar refractivity (Wildman–Crippen MR) is 130 cm³/mol. The molecule has 0 bridgehead atoms. The highest BCUT2D eigenvalue weighted by molar-refractivity contribution is 6.08. The van der Waals surface area contributed by atoms with Gasteiger partial charge in [-0.3, -0.25) is 9.79 Å². The van der Waals surface area contributed by atoms with E-state index in [-0.39, 0.29) is 11.1 Å². The molecule has 3 rings (SSSR count). The van der Waals surface area contributed by atoms with Crippen molar-refractivity contribution in [3.8, 4) is 12.3 Å². The van der Waals surface area contributed by atoms with Crippen LogP contribution in [0.4, 0.5) is 5.69 Å². The van der Waals surface area contributed by atoms with Crippen LogP contribution in [0.5, 0.6) is 0 Å². The molecular weight excluding hydrogens is 418 g/mol. The molecule has 2 N–H and O–H groups in total. The van der Waals surface area contributed by atoms with Crippen molar-refractivity contribution in [3.63, 3.8) is 0 Å². The second-order valence-electron chi connectivity index (χ2n) is 7.74. The average Bonchev–Trinajstić information content (AvgIpc) is 2.78. The number of aromatic nitrogens is 1. The van der Waals surface area contributed by atoms with Crippen LogP contribution in [0.1, 0.15) is 51.6 Å². The number of carbonyl (C=O) groups is 1. The molecule has 0 aliphatic heterocycles. The van der Waals surface area contributed by atoms with E-state index in [0.717, 1.165) is 5.56 Å². The summed E-state index contributed by atoms with van der Waals surface area (Å²) in [7, 11) is 1.60. The first-order valence-corrected chi connectivity index (χ1v) is 10.3. The molecular formula is C26H25N3O4. The van der Waals surface area contributed by atoms with Crippen molar-refractivity contribution in [2.24, 2.45) is 4.99 Å². The normalized spacial score (nSPS) is 12.7. The van der Waals surface area contributed by atoms with Crippen LogP contribution in [0.25, 0.3) is 11.0 Å². The van der Waals surface area contributed by atoms with Gasteiger partial charge in [-0.1, -0.05) is 12.0 Å². The summed E-state index contributed by atoms with van der Waals surface area (Å²) < 4.78 is 6.24. The van der Waals surface area contributed by atoms with Gasteiger partial charge in [0.15, 0.2) is 16.9 Å². The van der Waals surface area contributed by atoms with Gasteiger partial charge in [0, 0.05) is 23.9 Å². The van der Waals surface area contributed by atoms with Gasteiger partial charge < -0.3 is 14.8 Å². The number of rotatable bonds is 6. The van der Waals surface area contributed by atoms with Crippen LogP contribution >= 0.6 is 0 Å². The fourth-order valence-electron chi connectivity index (χ4n) is 3.66. The van der Waals surface area contributed by atoms with Crippen molar-refractivity contribution in [1.82, 2.24) is 4.98 Å². The number of nitrogens with one attached hydrogen (secondary N) is 1. The summed E-state index contributed by atoms with van der Waals surface area (Å²) in [6.07, 6.45) is 8.43. The van der Waals surface area contributed by atoms with Gasteiger partial charge in [-0.05, 0) is 63.6 Å². The fourth-order valence-corrected chi connectivity index (χ4v) is 3.66. The maximum Gasteiger partial charge on any atom is 0.356 e. The summed E-state index contributed by atoms with van der Waals surface area (Å²) in [5.74, 6) is 1.62. The standard InChI is InChI=1S/C26H25N3O4/c1-7-8-9-21(27-6)24-16(4)23(30)19-13-14(2)12-18(25(19)33-24)17(5)29-20-11-10-15(3)28-22(20)26(31)32/h1,8-13,17,29H,2-6H3,(H,31,32)/b9-8-,27-21?. The van der Waals surface area contributed by atoms with Gasteiger partial charge in [-0.15, -0.1) is 6.42 Å². The number of carboxylic acids is 1. The van der Waals surface area contributed by atoms with E-state index in [0.29, 0.717) is 44.9 Å². The Bertz CT molecular complexity index is 1410. The molecule has 0 saturated heterocycles. The van der Waals surface area contributed by atoms with E-state index in [1.54, 1.807) is 45.2 Å². The highest BCUT2D eigenvalue weighted by Gasteiger charge is 2.21. The first-order valence-electron chi connectivity index (χ1n) is 10.3. The number of aromatic carboxylic acids is 1. The van der Waals surface area contributed by atoms with Crippen molar-refractivity contribution < 1.29 is 14.3 Å². The van der Waals surface area contributed by atoms with Gasteiger partial charge in [0.05, 0.1) is 17.1 Å². The number of anilines is 1. The van der Waals surface area contributed by atoms with E-state index in [1.807, 2.05) is 19.9 Å². The Hall–Kier alpha value is -4.18. The summed E-state index contributed by atoms with van der Waals surface area (Å²) >= 11 is 0. The van der Waals surface area contributed by atoms with Crippen LogP contribution in [-0.4, -0.2) is 28.8 Å². The number of pyridine rings is 1. The Morgan fingerprint density at radius 2 is 2.03 bits per heavy atom. The smallest absolute Gasteiger partial charge is 0.356 e. The molecule has 1 atom stereocenters. The van der Waals surface area contributed by atoms with E-state index in [2.05, 4.69) is 21.2 Å². The van der Waals surface area contributed by atoms with Gasteiger partial charge in [-0.2, -0.15) is 0 Å². The molecule has 168 valence electrons. The SMILES string of the molecule is C#C/C=C\C(=NC)c1oc2c(C(C)Nc3ccc(C)nc3C(=O)O)cc(C)cc2c(=O)c1C. The number of hydrogen-bond donors (Lipinski definition) is 2. The number of benzene rings is 1. The molecule has 1 unspecified atom stereocenters. The zero-order valence-electron chi connectivity index (χ0n) is 19.2. The number of aliphatic imine (C=N–C) groups is 1. The lowest BCUT2D eigenvalue weighted by Gasteiger charge is -2.19. The molecule has 0 fully saturated rings. The maximum absolute atomic E-state index is 13.2. The average molecular weight is 444 g/mol. The number of hydrogen-bond acceptors (Lipinski definition) is 6. The number of carboxylic acid groups (broad SMARTS) is 1. The lowest BCUT2D eigenvalue weighted by atomic mass is 9.99. The minimum Gasteiger partial charge on any atom is -0.476 e. The molecule has 0 radical (unpaired) electrons. The van der Waals surface area contributed by atoms with Crippen LogP contribution in [-0.2, 0) is 0 Å². The molecule has 0 aliphatic carbocycles. The van der Waals surface area contributed by atoms with Gasteiger partial charge in [-0.25, -0.2) is 9.78 Å². The first-order chi connectivity index (χ1) is 15.7. The Kier molecular flexibility index (Phi) is 6.78. The van der Waals surface area contributed by atoms with E-state index < -0.39 is 12.0 Å². The van der Waals surface area contributed by atoms with Crippen LogP contribution < -0.4 is 10.7 Å². The Balaban J connectivity index is 2.21. The van der Waals surface area contributed by atoms with E-state index in [4.69, 9.17) is 10.8 Å². The molecule has 2 heterocycles. The largest absolute Gasteiger partial charge is 0.476 e. The minimum atomic E-state index is -1.13. The second kappa shape index (κ2) is 9.53. The number of aryl methyl sites for hydroxylation is 2. The summed E-state index contributed by atoms with van der Waals surface area (Å²) in [5, 5.41) is 13.2. The summed E-state index contributed by atoms with van der Waals surface area (Å²) in [4.78, 5) is 33.2. The third-order valence-corrected chi connectivity index (χ3v) is 5.28. The molecule has 7 nitrogen and oxygen atoms in total. The van der Waals surface area contributed by atoms with Crippen LogP contribution in [0.3, 0.4) is 0 Å². The monoisotopic (exact) mass is 443 g/mol. The maximum atomic E-state index is 13.2. The van der Waals surface area contributed by atoms with Gasteiger partial charge in [0.1, 0.15) is 11.3 Å². The van der Waals surface area contributed by atoms with Gasteiger partial charge in [0.2, 0.25) is 0 Å². The zero-order valence-corrected chi connectivity index (χ0v) is 19.2. The Morgan fingerprint density at radius 1 is 1.30 bits per heavy atom. The Labute approximate surface area is 191 Å². The number of allylic oxidation sites excluding steroid dienone is 2. The fraction of sp³-hybridized carbons (Fsp3) is 0.231. The van der Waals surface area contributed by atoms with E-state index in [9.17, 15) is 14.7 Å². The second-order valence-corrected chi connectivity index (χ2v) is 7.74. The molecule has 0 spiro atoms. The lowest BCUT2D eigenvalue weighted by Crippen LogP contribution is -2.16. The molecule has 7 heteroatoms. The molecule has 1 aromatic carbocycles. The van der Waals surface area contributed by atoms with Gasteiger partial charge >= 0.3 is 5.97 Å².